The maximum absolute atomic E-state index is 13.6. The highest BCUT2D eigenvalue weighted by Crippen LogP contribution is 2.40. The zero-order chi connectivity index (χ0) is 28.3. The highest BCUT2D eigenvalue weighted by molar-refractivity contribution is 5.97. The molecule has 212 valence electrons. The Bertz CT molecular complexity index is 1390. The topological polar surface area (TPSA) is 112 Å². The number of nitrogens with one attached hydrogen (secondary N) is 1. The molecule has 3 fully saturated rings. The molecule has 3 heterocycles. The normalized spacial score (nSPS) is 20.5. The third-order valence-corrected chi connectivity index (χ3v) is 7.60. The minimum Gasteiger partial charge on any atom is -0.492 e. The van der Waals surface area contributed by atoms with Crippen LogP contribution >= 0.6 is 0 Å². The van der Waals surface area contributed by atoms with Crippen LogP contribution in [0.4, 0.5) is 8.78 Å². The lowest BCUT2D eigenvalue weighted by atomic mass is 9.86. The van der Waals surface area contributed by atoms with Crippen LogP contribution < -0.4 is 10.9 Å². The Morgan fingerprint density at radius 2 is 1.79 bits per heavy atom. The van der Waals surface area contributed by atoms with Crippen LogP contribution in [-0.2, 0) is 11.3 Å². The SMILES string of the molecule is Cc1nn2c(O)c(C(=O)NC3CC3)c(=O)n(CC(C)(C)C)c2c1/C=C/C(=O)N1CCN(C2CC(F)(F)C2)CC1. The minimum absolute atomic E-state index is 0.00320. The lowest BCUT2D eigenvalue weighted by molar-refractivity contribution is -0.139. The number of hydrogen-bond donors (Lipinski definition) is 2. The number of piperazine rings is 1. The molecule has 0 radical (unpaired) electrons. The van der Waals surface area contributed by atoms with E-state index < -0.39 is 23.3 Å². The Hall–Kier alpha value is -3.28. The zero-order valence-corrected chi connectivity index (χ0v) is 22.8. The van der Waals surface area contributed by atoms with Crippen LogP contribution in [0.5, 0.6) is 5.88 Å². The van der Waals surface area contributed by atoms with Crippen molar-refractivity contribution in [1.82, 2.24) is 29.3 Å². The van der Waals surface area contributed by atoms with Gasteiger partial charge in [0.15, 0.2) is 5.56 Å². The van der Waals surface area contributed by atoms with E-state index in [1.54, 1.807) is 17.9 Å². The van der Waals surface area contributed by atoms with Crippen molar-refractivity contribution in [3.8, 4) is 5.88 Å². The van der Waals surface area contributed by atoms with Gasteiger partial charge in [-0.15, -0.1) is 0 Å². The van der Waals surface area contributed by atoms with Crippen LogP contribution in [0.2, 0.25) is 0 Å². The predicted molar refractivity (Wildman–Crippen MR) is 141 cm³/mol. The van der Waals surface area contributed by atoms with E-state index in [2.05, 4.69) is 10.4 Å². The average Bonchev–Trinajstić information content (AvgIpc) is 3.58. The van der Waals surface area contributed by atoms with E-state index in [4.69, 9.17) is 0 Å². The van der Waals surface area contributed by atoms with Gasteiger partial charge in [-0.3, -0.25) is 23.9 Å². The summed E-state index contributed by atoms with van der Waals surface area (Å²) in [4.78, 5) is 43.1. The van der Waals surface area contributed by atoms with Gasteiger partial charge in [0, 0.05) is 69.3 Å². The number of halogens is 2. The van der Waals surface area contributed by atoms with Gasteiger partial charge in [0.1, 0.15) is 5.65 Å². The number of carbonyl (C=O) groups is 2. The quantitative estimate of drug-likeness (QED) is 0.539. The first kappa shape index (κ1) is 27.3. The molecule has 0 bridgehead atoms. The average molecular weight is 547 g/mol. The molecule has 2 aliphatic carbocycles. The number of fused-ring (bicyclic) bond motifs is 1. The number of amides is 2. The standard InChI is InChI=1S/C27H36F2N6O4/c1-16-19(7-8-20(36)33-11-9-32(10-12-33)18-13-27(28,29)14-18)23-34(15-26(2,3)4)24(38)21(25(39)35(23)31-16)22(37)30-17-5-6-17/h7-8,17-18,39H,5-6,9-15H2,1-4H3,(H,30,37)/b8-7+. The molecule has 2 amide bonds. The molecule has 1 aliphatic heterocycles. The Morgan fingerprint density at radius 1 is 1.15 bits per heavy atom. The fourth-order valence-electron chi connectivity index (χ4n) is 5.32. The Kier molecular flexibility index (Phi) is 6.80. The van der Waals surface area contributed by atoms with Crippen molar-refractivity contribution in [3.05, 3.63) is 33.3 Å². The molecule has 10 nitrogen and oxygen atoms in total. The number of aryl methyl sites for hydroxylation is 1. The number of aromatic hydroxyl groups is 1. The number of aromatic nitrogens is 3. The molecule has 5 rings (SSSR count). The first-order chi connectivity index (χ1) is 18.2. The first-order valence-electron chi connectivity index (χ1n) is 13.5. The third kappa shape index (κ3) is 5.57. The van der Waals surface area contributed by atoms with Gasteiger partial charge in [-0.1, -0.05) is 20.8 Å². The Labute approximate surface area is 225 Å². The fourth-order valence-corrected chi connectivity index (χ4v) is 5.32. The lowest BCUT2D eigenvalue weighted by Crippen LogP contribution is -2.57. The van der Waals surface area contributed by atoms with E-state index in [1.807, 2.05) is 25.7 Å². The zero-order valence-electron chi connectivity index (χ0n) is 22.8. The monoisotopic (exact) mass is 546 g/mol. The molecule has 0 unspecified atom stereocenters. The molecule has 2 aromatic rings. The summed E-state index contributed by atoms with van der Waals surface area (Å²) < 4.78 is 29.1. The van der Waals surface area contributed by atoms with E-state index in [1.165, 1.54) is 15.2 Å². The number of rotatable bonds is 6. The number of carbonyl (C=O) groups excluding carboxylic acids is 2. The van der Waals surface area contributed by atoms with E-state index >= 15 is 0 Å². The second-order valence-electron chi connectivity index (χ2n) is 12.2. The van der Waals surface area contributed by atoms with Crippen LogP contribution in [0, 0.1) is 12.3 Å². The summed E-state index contributed by atoms with van der Waals surface area (Å²) in [6, 6.07) is -0.124. The van der Waals surface area contributed by atoms with Gasteiger partial charge >= 0.3 is 0 Å². The largest absolute Gasteiger partial charge is 0.492 e. The lowest BCUT2D eigenvalue weighted by Gasteiger charge is -2.46. The molecule has 2 N–H and O–H groups in total. The number of hydrogen-bond acceptors (Lipinski definition) is 6. The van der Waals surface area contributed by atoms with Crippen molar-refractivity contribution in [2.75, 3.05) is 26.2 Å². The summed E-state index contributed by atoms with van der Waals surface area (Å²) >= 11 is 0. The Balaban J connectivity index is 1.42. The Morgan fingerprint density at radius 3 is 2.36 bits per heavy atom. The molecule has 1 saturated heterocycles. The van der Waals surface area contributed by atoms with Gasteiger partial charge in [-0.05, 0) is 31.3 Å². The van der Waals surface area contributed by atoms with Gasteiger partial charge in [-0.25, -0.2) is 8.78 Å². The number of alkyl halides is 2. The number of nitrogens with zero attached hydrogens (tertiary/aromatic N) is 5. The second kappa shape index (κ2) is 9.72. The molecular weight excluding hydrogens is 510 g/mol. The summed E-state index contributed by atoms with van der Waals surface area (Å²) in [6.07, 6.45) is 4.42. The van der Waals surface area contributed by atoms with Crippen LogP contribution in [0.3, 0.4) is 0 Å². The van der Waals surface area contributed by atoms with Crippen LogP contribution in [0.1, 0.15) is 68.1 Å². The maximum Gasteiger partial charge on any atom is 0.270 e. The van der Waals surface area contributed by atoms with Crippen molar-refractivity contribution in [2.24, 2.45) is 5.41 Å². The summed E-state index contributed by atoms with van der Waals surface area (Å²) in [5.41, 5.74) is -0.0459. The molecule has 39 heavy (non-hydrogen) atoms. The molecule has 2 saturated carbocycles. The van der Waals surface area contributed by atoms with Gasteiger partial charge in [0.05, 0.1) is 5.69 Å². The van der Waals surface area contributed by atoms with Gasteiger partial charge in [-0.2, -0.15) is 9.61 Å². The molecule has 12 heteroatoms. The van der Waals surface area contributed by atoms with E-state index in [0.717, 1.165) is 12.8 Å². The van der Waals surface area contributed by atoms with Crippen molar-refractivity contribution < 1.29 is 23.5 Å². The summed E-state index contributed by atoms with van der Waals surface area (Å²) in [5, 5.41) is 18.2. The molecule has 0 atom stereocenters. The first-order valence-corrected chi connectivity index (χ1v) is 13.5. The summed E-state index contributed by atoms with van der Waals surface area (Å²) in [7, 11) is 0. The summed E-state index contributed by atoms with van der Waals surface area (Å²) in [5.74, 6) is -3.97. The van der Waals surface area contributed by atoms with E-state index in [-0.39, 0.29) is 48.4 Å². The van der Waals surface area contributed by atoms with Crippen molar-refractivity contribution in [2.45, 2.75) is 77.9 Å². The van der Waals surface area contributed by atoms with Gasteiger partial charge in [0.25, 0.3) is 17.4 Å². The maximum atomic E-state index is 13.6. The van der Waals surface area contributed by atoms with E-state index in [0.29, 0.717) is 43.1 Å². The van der Waals surface area contributed by atoms with E-state index in [9.17, 15) is 28.3 Å². The third-order valence-electron chi connectivity index (χ3n) is 7.60. The predicted octanol–water partition coefficient (Wildman–Crippen LogP) is 2.40. The molecule has 0 aromatic carbocycles. The fraction of sp³-hybridized carbons (Fsp3) is 0.630. The molecule has 3 aliphatic rings. The highest BCUT2D eigenvalue weighted by Gasteiger charge is 2.48. The van der Waals surface area contributed by atoms with Crippen molar-refractivity contribution in [3.63, 3.8) is 0 Å². The van der Waals surface area contributed by atoms with Crippen LogP contribution in [-0.4, -0.2) is 85.1 Å². The van der Waals surface area contributed by atoms with Crippen molar-refractivity contribution in [1.29, 1.82) is 0 Å². The minimum atomic E-state index is -2.57. The molecule has 2 aromatic heterocycles. The van der Waals surface area contributed by atoms with Crippen LogP contribution in [0.15, 0.2) is 10.9 Å². The smallest absolute Gasteiger partial charge is 0.270 e. The van der Waals surface area contributed by atoms with Gasteiger partial charge < -0.3 is 15.3 Å². The van der Waals surface area contributed by atoms with Crippen LogP contribution in [0.25, 0.3) is 11.7 Å². The second-order valence-corrected chi connectivity index (χ2v) is 12.2. The highest BCUT2D eigenvalue weighted by atomic mass is 19.3. The molecule has 0 spiro atoms. The van der Waals surface area contributed by atoms with Gasteiger partial charge in [0.2, 0.25) is 11.8 Å². The van der Waals surface area contributed by atoms with Crippen molar-refractivity contribution >= 4 is 23.5 Å². The molecular formula is C27H36F2N6O4. The summed E-state index contributed by atoms with van der Waals surface area (Å²) in [6.45, 7) is 9.79.